The summed E-state index contributed by atoms with van der Waals surface area (Å²) in [4.78, 5) is 23.6. The van der Waals surface area contributed by atoms with Crippen molar-refractivity contribution in [2.24, 2.45) is 7.05 Å². The molecule has 6 nitrogen and oxygen atoms in total. The molecule has 0 radical (unpaired) electrons. The zero-order chi connectivity index (χ0) is 16.6. The molecular weight excluding hydrogens is 294 g/mol. The average Bonchev–Trinajstić information content (AvgIpc) is 2.72. The molecule has 2 N–H and O–H groups in total. The second-order valence-electron chi connectivity index (χ2n) is 5.57. The van der Waals surface area contributed by atoms with Crippen molar-refractivity contribution in [1.29, 1.82) is 0 Å². The van der Waals surface area contributed by atoms with Crippen LogP contribution in [0.4, 0.5) is 16.2 Å². The van der Waals surface area contributed by atoms with E-state index < -0.39 is 5.76 Å². The lowest BCUT2D eigenvalue weighted by Gasteiger charge is -2.09. The number of oxazole rings is 1. The Labute approximate surface area is 132 Å². The molecule has 2 aromatic carbocycles. The van der Waals surface area contributed by atoms with Crippen molar-refractivity contribution in [2.75, 3.05) is 10.6 Å². The maximum Gasteiger partial charge on any atom is 0.419 e. The van der Waals surface area contributed by atoms with Gasteiger partial charge in [0.05, 0.1) is 5.52 Å². The van der Waals surface area contributed by atoms with E-state index >= 15 is 0 Å². The quantitative estimate of drug-likeness (QED) is 0.761. The van der Waals surface area contributed by atoms with E-state index in [9.17, 15) is 9.59 Å². The fourth-order valence-corrected chi connectivity index (χ4v) is 2.55. The molecule has 3 rings (SSSR count). The largest absolute Gasteiger partial charge is 0.419 e. The van der Waals surface area contributed by atoms with E-state index in [0.29, 0.717) is 16.8 Å². The van der Waals surface area contributed by atoms with Gasteiger partial charge in [0.25, 0.3) is 0 Å². The van der Waals surface area contributed by atoms with Crippen molar-refractivity contribution in [2.45, 2.75) is 13.8 Å². The molecule has 0 aliphatic rings. The molecule has 0 aliphatic heterocycles. The second kappa shape index (κ2) is 5.64. The summed E-state index contributed by atoms with van der Waals surface area (Å²) in [5.74, 6) is -0.433. The number of fused-ring (bicyclic) bond motifs is 1. The number of nitrogens with one attached hydrogen (secondary N) is 2. The Hall–Kier alpha value is -3.02. The molecule has 0 saturated heterocycles. The summed E-state index contributed by atoms with van der Waals surface area (Å²) in [5, 5.41) is 5.52. The van der Waals surface area contributed by atoms with Gasteiger partial charge in [0, 0.05) is 24.5 Å². The van der Waals surface area contributed by atoms with Gasteiger partial charge in [-0.2, -0.15) is 0 Å². The molecule has 0 saturated carbocycles. The van der Waals surface area contributed by atoms with Crippen molar-refractivity contribution in [3.05, 3.63) is 58.1 Å². The smallest absolute Gasteiger partial charge is 0.408 e. The lowest BCUT2D eigenvalue weighted by Crippen LogP contribution is -2.19. The summed E-state index contributed by atoms with van der Waals surface area (Å²) in [6.07, 6.45) is 0. The number of benzene rings is 2. The van der Waals surface area contributed by atoms with Gasteiger partial charge in [-0.25, -0.2) is 9.59 Å². The molecule has 0 unspecified atom stereocenters. The minimum absolute atomic E-state index is 0.354. The number of rotatable bonds is 2. The van der Waals surface area contributed by atoms with E-state index in [1.807, 2.05) is 32.0 Å². The van der Waals surface area contributed by atoms with E-state index in [4.69, 9.17) is 4.42 Å². The summed E-state index contributed by atoms with van der Waals surface area (Å²) in [6, 6.07) is 10.5. The number of nitrogens with zero attached hydrogens (tertiary/aromatic N) is 1. The zero-order valence-electron chi connectivity index (χ0n) is 13.1. The van der Waals surface area contributed by atoms with Crippen LogP contribution >= 0.6 is 0 Å². The number of amides is 2. The van der Waals surface area contributed by atoms with Crippen LogP contribution in [0.15, 0.2) is 45.6 Å². The SMILES string of the molecule is Cc1cc(C)cc(NC(=O)Nc2ccc3c(c2)oc(=O)n3C)c1. The third-order valence-corrected chi connectivity index (χ3v) is 3.53. The highest BCUT2D eigenvalue weighted by Crippen LogP contribution is 2.19. The highest BCUT2D eigenvalue weighted by molar-refractivity contribution is 6.00. The van der Waals surface area contributed by atoms with Crippen molar-refractivity contribution >= 4 is 28.5 Å². The predicted molar refractivity (Wildman–Crippen MR) is 90.0 cm³/mol. The first kappa shape index (κ1) is 14.9. The molecule has 1 aromatic heterocycles. The zero-order valence-corrected chi connectivity index (χ0v) is 13.1. The molecule has 0 atom stereocenters. The molecule has 1 heterocycles. The van der Waals surface area contributed by atoms with Gasteiger partial charge >= 0.3 is 11.8 Å². The van der Waals surface area contributed by atoms with Gasteiger partial charge in [-0.05, 0) is 49.2 Å². The van der Waals surface area contributed by atoms with Crippen molar-refractivity contribution in [3.8, 4) is 0 Å². The summed E-state index contributed by atoms with van der Waals surface area (Å²) in [7, 11) is 1.63. The van der Waals surface area contributed by atoms with E-state index in [2.05, 4.69) is 10.6 Å². The maximum absolute atomic E-state index is 12.1. The predicted octanol–water partition coefficient (Wildman–Crippen LogP) is 3.39. The molecule has 118 valence electrons. The van der Waals surface area contributed by atoms with Crippen LogP contribution in [-0.2, 0) is 7.05 Å². The van der Waals surface area contributed by atoms with Gasteiger partial charge in [-0.1, -0.05) is 6.07 Å². The first-order valence-electron chi connectivity index (χ1n) is 7.18. The first-order chi connectivity index (χ1) is 10.9. The first-order valence-corrected chi connectivity index (χ1v) is 7.18. The number of aryl methyl sites for hydroxylation is 3. The molecule has 3 aromatic rings. The van der Waals surface area contributed by atoms with Crippen LogP contribution in [0.3, 0.4) is 0 Å². The monoisotopic (exact) mass is 311 g/mol. The summed E-state index contributed by atoms with van der Waals surface area (Å²) >= 11 is 0. The third kappa shape index (κ3) is 3.11. The number of hydrogen-bond acceptors (Lipinski definition) is 3. The molecule has 0 aliphatic carbocycles. The van der Waals surface area contributed by atoms with Crippen LogP contribution in [0, 0.1) is 13.8 Å². The molecule has 6 heteroatoms. The Morgan fingerprint density at radius 3 is 2.35 bits per heavy atom. The molecule has 23 heavy (non-hydrogen) atoms. The maximum atomic E-state index is 12.1. The van der Waals surface area contributed by atoms with E-state index in [0.717, 1.165) is 16.8 Å². The average molecular weight is 311 g/mol. The van der Waals surface area contributed by atoms with Gasteiger partial charge in [0.1, 0.15) is 0 Å². The topological polar surface area (TPSA) is 76.3 Å². The van der Waals surface area contributed by atoms with Crippen LogP contribution < -0.4 is 16.4 Å². The minimum atomic E-state index is -0.433. The highest BCUT2D eigenvalue weighted by atomic mass is 16.4. The van der Waals surface area contributed by atoms with E-state index in [1.165, 1.54) is 4.57 Å². The Bertz CT molecular complexity index is 933. The molecule has 0 fully saturated rings. The fourth-order valence-electron chi connectivity index (χ4n) is 2.55. The Morgan fingerprint density at radius 1 is 1.00 bits per heavy atom. The number of carbonyl (C=O) groups is 1. The second-order valence-corrected chi connectivity index (χ2v) is 5.57. The fraction of sp³-hybridized carbons (Fsp3) is 0.176. The van der Waals surface area contributed by atoms with Crippen molar-refractivity contribution in [1.82, 2.24) is 4.57 Å². The Balaban J connectivity index is 1.78. The van der Waals surface area contributed by atoms with E-state index in [-0.39, 0.29) is 6.03 Å². The lowest BCUT2D eigenvalue weighted by molar-refractivity contribution is 0.262. The lowest BCUT2D eigenvalue weighted by atomic mass is 10.1. The molecule has 0 bridgehead atoms. The van der Waals surface area contributed by atoms with Crippen LogP contribution in [0.25, 0.3) is 11.1 Å². The van der Waals surface area contributed by atoms with Gasteiger partial charge in [0.15, 0.2) is 5.58 Å². The third-order valence-electron chi connectivity index (χ3n) is 3.53. The van der Waals surface area contributed by atoms with Crippen LogP contribution in [-0.4, -0.2) is 10.6 Å². The number of carbonyl (C=O) groups excluding carboxylic acids is 1. The van der Waals surface area contributed by atoms with Gasteiger partial charge in [-0.15, -0.1) is 0 Å². The normalized spacial score (nSPS) is 10.7. The summed E-state index contributed by atoms with van der Waals surface area (Å²) < 4.78 is 6.52. The van der Waals surface area contributed by atoms with E-state index in [1.54, 1.807) is 25.2 Å². The minimum Gasteiger partial charge on any atom is -0.408 e. The Kier molecular flexibility index (Phi) is 3.65. The van der Waals surface area contributed by atoms with Gasteiger partial charge in [-0.3, -0.25) is 4.57 Å². The number of aromatic nitrogens is 1. The van der Waals surface area contributed by atoms with Crippen LogP contribution in [0.2, 0.25) is 0 Å². The number of urea groups is 1. The molecular formula is C17H17N3O3. The van der Waals surface area contributed by atoms with Gasteiger partial charge in [0.2, 0.25) is 0 Å². The van der Waals surface area contributed by atoms with Crippen LogP contribution in [0.5, 0.6) is 0 Å². The number of anilines is 2. The van der Waals surface area contributed by atoms with Crippen molar-refractivity contribution < 1.29 is 9.21 Å². The van der Waals surface area contributed by atoms with Gasteiger partial charge < -0.3 is 15.1 Å². The summed E-state index contributed by atoms with van der Waals surface area (Å²) in [6.45, 7) is 3.95. The standard InChI is InChI=1S/C17H17N3O3/c1-10-6-11(2)8-13(7-10)19-16(21)18-12-4-5-14-15(9-12)23-17(22)20(14)3/h4-9H,1-3H3,(H2,18,19,21). The van der Waals surface area contributed by atoms with Crippen LogP contribution in [0.1, 0.15) is 11.1 Å². The molecule has 2 amide bonds. The number of hydrogen-bond donors (Lipinski definition) is 2. The summed E-state index contributed by atoms with van der Waals surface area (Å²) in [5.41, 5.74) is 4.54. The molecule has 0 spiro atoms. The Morgan fingerprint density at radius 2 is 1.65 bits per heavy atom. The van der Waals surface area contributed by atoms with Crippen molar-refractivity contribution in [3.63, 3.8) is 0 Å². The highest BCUT2D eigenvalue weighted by Gasteiger charge is 2.08.